The second kappa shape index (κ2) is 10.2. The Labute approximate surface area is 246 Å². The number of ether oxygens (including phenoxy) is 1. The second-order valence-corrected chi connectivity index (χ2v) is 10.3. The molecule has 0 aliphatic carbocycles. The highest BCUT2D eigenvalue weighted by molar-refractivity contribution is 6.03. The average molecular weight is 638 g/mol. The summed E-state index contributed by atoms with van der Waals surface area (Å²) in [5.74, 6) is -5.45. The summed E-state index contributed by atoms with van der Waals surface area (Å²) in [6.45, 7) is -0.226. The number of rotatable bonds is 6. The Morgan fingerprint density at radius 2 is 1.53 bits per heavy atom. The van der Waals surface area contributed by atoms with E-state index in [0.29, 0.717) is 41.3 Å². The van der Waals surface area contributed by atoms with Gasteiger partial charge in [-0.05, 0) is 48.0 Å². The summed E-state index contributed by atoms with van der Waals surface area (Å²) >= 11 is 0. The third-order valence-electron chi connectivity index (χ3n) is 6.91. The number of alkyl halides is 8. The predicted molar refractivity (Wildman–Crippen MR) is 142 cm³/mol. The van der Waals surface area contributed by atoms with Crippen molar-refractivity contribution in [3.05, 3.63) is 87.5 Å². The van der Waals surface area contributed by atoms with Crippen LogP contribution in [0.4, 0.5) is 35.1 Å². The van der Waals surface area contributed by atoms with E-state index in [1.54, 1.807) is 0 Å². The maximum absolute atomic E-state index is 14.0. The second-order valence-electron chi connectivity index (χ2n) is 10.3. The fraction of sp³-hybridized carbons (Fsp3) is 0.207. The lowest BCUT2D eigenvalue weighted by Crippen LogP contribution is -2.25. The SMILES string of the molecule is CC(F)(F)Cn1nc(-c2ccc3oc(=O)[nH]c3c2-c2ccc(Oc3cc(C(F)(F)F)cc(C(F)(F)F)c3)cc2)c2c1C(=O)NC2. The number of nitrogens with zero attached hydrogens (tertiary/aromatic N) is 2. The number of fused-ring (bicyclic) bond motifs is 2. The van der Waals surface area contributed by atoms with E-state index in [0.717, 1.165) is 4.68 Å². The van der Waals surface area contributed by atoms with Gasteiger partial charge in [-0.25, -0.2) is 13.6 Å². The van der Waals surface area contributed by atoms with Gasteiger partial charge in [0, 0.05) is 30.2 Å². The van der Waals surface area contributed by atoms with E-state index in [2.05, 4.69) is 15.4 Å². The van der Waals surface area contributed by atoms with E-state index >= 15 is 0 Å². The van der Waals surface area contributed by atoms with Gasteiger partial charge in [0.2, 0.25) is 0 Å². The van der Waals surface area contributed by atoms with E-state index in [1.165, 1.54) is 36.4 Å². The molecule has 5 aromatic rings. The van der Waals surface area contributed by atoms with Gasteiger partial charge in [0.05, 0.1) is 22.3 Å². The molecule has 6 rings (SSSR count). The number of amides is 1. The van der Waals surface area contributed by atoms with Crippen LogP contribution in [0.25, 0.3) is 33.5 Å². The summed E-state index contributed by atoms with van der Waals surface area (Å²) in [4.78, 5) is 27.2. The standard InChI is InChI=1S/C29H18F8N4O4/c1-27(30,31)12-41-24-19(11-38-25(24)42)22(40-41)18-6-7-20-23(39-26(43)45-20)21(18)13-2-4-16(5-3-13)44-17-9-14(28(32,33)34)8-15(10-17)29(35,36)37/h2-10H,11-12H2,1H3,(H,38,42)(H,39,43). The van der Waals surface area contributed by atoms with E-state index in [1.807, 2.05) is 0 Å². The van der Waals surface area contributed by atoms with Crippen LogP contribution in [0, 0.1) is 0 Å². The highest BCUT2D eigenvalue weighted by atomic mass is 19.4. The maximum Gasteiger partial charge on any atom is 0.417 e. The molecule has 8 nitrogen and oxygen atoms in total. The van der Waals surface area contributed by atoms with Gasteiger partial charge in [-0.1, -0.05) is 12.1 Å². The van der Waals surface area contributed by atoms with E-state index in [-0.39, 0.29) is 40.8 Å². The van der Waals surface area contributed by atoms with Crippen molar-refractivity contribution in [3.63, 3.8) is 0 Å². The van der Waals surface area contributed by atoms with Gasteiger partial charge in [0.25, 0.3) is 11.8 Å². The highest BCUT2D eigenvalue weighted by Gasteiger charge is 2.38. The number of aromatic amines is 1. The summed E-state index contributed by atoms with van der Waals surface area (Å²) in [6, 6.07) is 9.18. The molecule has 0 saturated carbocycles. The van der Waals surface area contributed by atoms with E-state index in [4.69, 9.17) is 9.15 Å². The molecule has 2 N–H and O–H groups in total. The molecule has 0 radical (unpaired) electrons. The molecule has 3 aromatic carbocycles. The third kappa shape index (κ3) is 5.74. The minimum absolute atomic E-state index is 0.0121. The third-order valence-corrected chi connectivity index (χ3v) is 6.91. The molecule has 1 aliphatic rings. The number of benzene rings is 3. The van der Waals surface area contributed by atoms with Crippen molar-refractivity contribution in [2.24, 2.45) is 0 Å². The van der Waals surface area contributed by atoms with Crippen molar-refractivity contribution in [1.29, 1.82) is 0 Å². The Bertz CT molecular complexity index is 1980. The van der Waals surface area contributed by atoms with Crippen molar-refractivity contribution in [2.75, 3.05) is 0 Å². The van der Waals surface area contributed by atoms with Gasteiger partial charge in [-0.15, -0.1) is 0 Å². The zero-order chi connectivity index (χ0) is 32.5. The molecule has 1 aliphatic heterocycles. The Balaban J connectivity index is 1.44. The molecule has 0 fully saturated rings. The molecule has 1 amide bonds. The minimum atomic E-state index is -5.07. The normalized spacial score (nSPS) is 13.8. The molecule has 0 atom stereocenters. The Morgan fingerprint density at radius 3 is 2.13 bits per heavy atom. The fourth-order valence-electron chi connectivity index (χ4n) is 5.10. The molecule has 0 unspecified atom stereocenters. The monoisotopic (exact) mass is 638 g/mol. The fourth-order valence-corrected chi connectivity index (χ4v) is 5.10. The smallest absolute Gasteiger partial charge is 0.417 e. The van der Waals surface area contributed by atoms with Crippen molar-refractivity contribution in [2.45, 2.75) is 38.3 Å². The topological polar surface area (TPSA) is 102 Å². The van der Waals surface area contributed by atoms with Crippen molar-refractivity contribution in [3.8, 4) is 33.9 Å². The largest absolute Gasteiger partial charge is 0.457 e. The Morgan fingerprint density at radius 1 is 0.889 bits per heavy atom. The van der Waals surface area contributed by atoms with Gasteiger partial charge in [-0.3, -0.25) is 14.5 Å². The molecular weight excluding hydrogens is 620 g/mol. The molecular formula is C29H18F8N4O4. The molecule has 234 valence electrons. The lowest BCUT2D eigenvalue weighted by Gasteiger charge is -2.15. The van der Waals surface area contributed by atoms with Crippen LogP contribution in [0.2, 0.25) is 0 Å². The van der Waals surface area contributed by atoms with Gasteiger partial charge in [0.1, 0.15) is 23.7 Å². The number of carbonyl (C=O) groups excluding carboxylic acids is 1. The van der Waals surface area contributed by atoms with Gasteiger partial charge < -0.3 is 14.5 Å². The zero-order valence-electron chi connectivity index (χ0n) is 22.7. The Kier molecular flexibility index (Phi) is 6.78. The van der Waals surface area contributed by atoms with Crippen LogP contribution in [0.1, 0.15) is 34.1 Å². The molecule has 0 spiro atoms. The first-order chi connectivity index (χ1) is 21.0. The molecule has 3 heterocycles. The number of halogens is 8. The minimum Gasteiger partial charge on any atom is -0.457 e. The van der Waals surface area contributed by atoms with E-state index in [9.17, 15) is 44.7 Å². The predicted octanol–water partition coefficient (Wildman–Crippen LogP) is 7.38. The lowest BCUT2D eigenvalue weighted by molar-refractivity contribution is -0.143. The number of aromatic nitrogens is 3. The highest BCUT2D eigenvalue weighted by Crippen LogP contribution is 2.42. The van der Waals surface area contributed by atoms with Crippen LogP contribution >= 0.6 is 0 Å². The quantitative estimate of drug-likeness (QED) is 0.189. The summed E-state index contributed by atoms with van der Waals surface area (Å²) in [5, 5.41) is 6.89. The molecule has 0 saturated heterocycles. The average Bonchev–Trinajstić information content (AvgIpc) is 3.61. The van der Waals surface area contributed by atoms with Gasteiger partial charge >= 0.3 is 18.1 Å². The first-order valence-corrected chi connectivity index (χ1v) is 13.0. The zero-order valence-corrected chi connectivity index (χ0v) is 22.7. The number of oxazole rings is 1. The Hall–Kier alpha value is -5.15. The van der Waals surface area contributed by atoms with Gasteiger partial charge in [0.15, 0.2) is 5.58 Å². The van der Waals surface area contributed by atoms with Gasteiger partial charge in [-0.2, -0.15) is 31.4 Å². The summed E-state index contributed by atoms with van der Waals surface area (Å²) in [6.07, 6.45) is -10.1. The summed E-state index contributed by atoms with van der Waals surface area (Å²) in [5.41, 5.74) is -1.41. The molecule has 16 heteroatoms. The van der Waals surface area contributed by atoms with Crippen LogP contribution in [-0.4, -0.2) is 26.6 Å². The maximum atomic E-state index is 14.0. The van der Waals surface area contributed by atoms with Crippen LogP contribution in [0.3, 0.4) is 0 Å². The summed E-state index contributed by atoms with van der Waals surface area (Å²) in [7, 11) is 0. The first-order valence-electron chi connectivity index (χ1n) is 13.0. The summed E-state index contributed by atoms with van der Waals surface area (Å²) < 4.78 is 119. The molecule has 0 bridgehead atoms. The van der Waals surface area contributed by atoms with E-state index < -0.39 is 53.4 Å². The van der Waals surface area contributed by atoms with Crippen LogP contribution in [0.5, 0.6) is 11.5 Å². The van der Waals surface area contributed by atoms with Crippen molar-refractivity contribution in [1.82, 2.24) is 20.1 Å². The van der Waals surface area contributed by atoms with Crippen molar-refractivity contribution >= 4 is 17.0 Å². The number of carbonyl (C=O) groups is 1. The first kappa shape index (κ1) is 29.9. The number of nitrogens with one attached hydrogen (secondary N) is 2. The number of hydrogen-bond acceptors (Lipinski definition) is 5. The lowest BCUT2D eigenvalue weighted by atomic mass is 9.94. The number of H-pyrrole nitrogens is 1. The van der Waals surface area contributed by atoms with Crippen LogP contribution < -0.4 is 15.8 Å². The van der Waals surface area contributed by atoms with Crippen LogP contribution in [-0.2, 0) is 25.4 Å². The van der Waals surface area contributed by atoms with Crippen LogP contribution in [0.15, 0.2) is 63.8 Å². The molecule has 2 aromatic heterocycles. The number of hydrogen-bond donors (Lipinski definition) is 2. The van der Waals surface area contributed by atoms with Crippen molar-refractivity contribution < 1.29 is 49.1 Å². The molecule has 45 heavy (non-hydrogen) atoms.